The van der Waals surface area contributed by atoms with Crippen LogP contribution in [0.25, 0.3) is 0 Å². The molecule has 0 bridgehead atoms. The molecule has 0 radical (unpaired) electrons. The van der Waals surface area contributed by atoms with E-state index in [9.17, 15) is 13.6 Å². The minimum absolute atomic E-state index is 0.0431. The summed E-state index contributed by atoms with van der Waals surface area (Å²) < 4.78 is 33.6. The first kappa shape index (κ1) is 16.5. The summed E-state index contributed by atoms with van der Waals surface area (Å²) in [6.45, 7) is -2.92. The molecule has 112 valence electrons. The van der Waals surface area contributed by atoms with Gasteiger partial charge in [0.15, 0.2) is 11.5 Å². The number of rotatable bonds is 8. The number of ether oxygens (including phenoxy) is 2. The van der Waals surface area contributed by atoms with E-state index in [-0.39, 0.29) is 17.3 Å². The van der Waals surface area contributed by atoms with Gasteiger partial charge in [-0.1, -0.05) is 6.07 Å². The third-order valence-corrected chi connectivity index (χ3v) is 3.46. The second-order valence-electron chi connectivity index (χ2n) is 3.82. The molecule has 0 saturated carbocycles. The molecule has 5 nitrogen and oxygen atoms in total. The first-order chi connectivity index (χ1) is 9.43. The summed E-state index contributed by atoms with van der Waals surface area (Å²) in [5.74, 6) is -0.153. The first-order valence-electron chi connectivity index (χ1n) is 5.62. The molecule has 0 saturated heterocycles. The van der Waals surface area contributed by atoms with Crippen LogP contribution in [0.4, 0.5) is 8.78 Å². The van der Waals surface area contributed by atoms with Gasteiger partial charge >= 0.3 is 12.6 Å². The molecule has 0 aliphatic heterocycles. The molecule has 3 N–H and O–H groups in total. The van der Waals surface area contributed by atoms with Crippen molar-refractivity contribution in [2.45, 2.75) is 18.4 Å². The van der Waals surface area contributed by atoms with Crippen molar-refractivity contribution in [3.8, 4) is 11.5 Å². The number of hydrogen-bond acceptors (Lipinski definition) is 5. The Hall–Kier alpha value is -1.54. The van der Waals surface area contributed by atoms with Crippen molar-refractivity contribution in [2.24, 2.45) is 5.73 Å². The Morgan fingerprint density at radius 1 is 1.45 bits per heavy atom. The van der Waals surface area contributed by atoms with E-state index < -0.39 is 18.6 Å². The predicted molar refractivity (Wildman–Crippen MR) is 71.4 cm³/mol. The Kier molecular flexibility index (Phi) is 6.53. The van der Waals surface area contributed by atoms with E-state index in [4.69, 9.17) is 15.6 Å². The van der Waals surface area contributed by atoms with E-state index in [0.29, 0.717) is 5.75 Å². The minimum Gasteiger partial charge on any atom is -0.493 e. The van der Waals surface area contributed by atoms with Gasteiger partial charge < -0.3 is 20.3 Å². The van der Waals surface area contributed by atoms with E-state index in [1.807, 2.05) is 0 Å². The highest BCUT2D eigenvalue weighted by Gasteiger charge is 2.13. The molecule has 0 fully saturated rings. The van der Waals surface area contributed by atoms with Crippen molar-refractivity contribution >= 4 is 17.7 Å². The highest BCUT2D eigenvalue weighted by atomic mass is 32.2. The van der Waals surface area contributed by atoms with Crippen LogP contribution in [0.2, 0.25) is 0 Å². The fourth-order valence-corrected chi connectivity index (χ4v) is 2.30. The van der Waals surface area contributed by atoms with E-state index in [1.54, 1.807) is 12.1 Å². The Morgan fingerprint density at radius 3 is 2.70 bits per heavy atom. The molecule has 0 spiro atoms. The lowest BCUT2D eigenvalue weighted by molar-refractivity contribution is -0.137. The largest absolute Gasteiger partial charge is 0.493 e. The standard InChI is InChI=1S/C12H15F2NO4S/c1-18-10-4-7(2-3-9(10)19-12(13)14)5-20-6-8(15)11(16)17/h2-4,8,12H,5-6,15H2,1H3,(H,16,17)/t8-/m1/s1. The zero-order valence-corrected chi connectivity index (χ0v) is 11.5. The van der Waals surface area contributed by atoms with Crippen molar-refractivity contribution in [3.05, 3.63) is 23.8 Å². The van der Waals surface area contributed by atoms with Crippen LogP contribution >= 0.6 is 11.8 Å². The summed E-state index contributed by atoms with van der Waals surface area (Å²) in [6, 6.07) is 3.64. The SMILES string of the molecule is COc1cc(CSC[C@@H](N)C(=O)O)ccc1OC(F)F. The molecule has 0 aliphatic carbocycles. The highest BCUT2D eigenvalue weighted by Crippen LogP contribution is 2.30. The highest BCUT2D eigenvalue weighted by molar-refractivity contribution is 7.98. The van der Waals surface area contributed by atoms with Gasteiger partial charge in [0.2, 0.25) is 0 Å². The zero-order valence-electron chi connectivity index (χ0n) is 10.7. The van der Waals surface area contributed by atoms with Crippen LogP contribution in [-0.4, -0.2) is 36.6 Å². The number of carbonyl (C=O) groups is 1. The molecule has 0 aliphatic rings. The lowest BCUT2D eigenvalue weighted by atomic mass is 10.2. The second-order valence-corrected chi connectivity index (χ2v) is 4.85. The number of hydrogen-bond donors (Lipinski definition) is 2. The minimum atomic E-state index is -2.92. The molecule has 20 heavy (non-hydrogen) atoms. The molecule has 0 amide bonds. The van der Waals surface area contributed by atoms with Crippen LogP contribution in [0.5, 0.6) is 11.5 Å². The normalized spacial score (nSPS) is 12.2. The Balaban J connectivity index is 2.61. The van der Waals surface area contributed by atoms with Gasteiger partial charge in [-0.3, -0.25) is 4.79 Å². The number of carboxylic acids is 1. The van der Waals surface area contributed by atoms with Gasteiger partial charge in [-0.05, 0) is 17.7 Å². The maximum Gasteiger partial charge on any atom is 0.387 e. The smallest absolute Gasteiger partial charge is 0.387 e. The Morgan fingerprint density at radius 2 is 2.15 bits per heavy atom. The Bertz CT molecular complexity index is 459. The molecular formula is C12H15F2NO4S. The van der Waals surface area contributed by atoms with E-state index >= 15 is 0 Å². The number of carboxylic acid groups (broad SMARTS) is 1. The van der Waals surface area contributed by atoms with Gasteiger partial charge in [0.25, 0.3) is 0 Å². The van der Waals surface area contributed by atoms with Crippen LogP contribution in [-0.2, 0) is 10.5 Å². The van der Waals surface area contributed by atoms with Crippen molar-refractivity contribution < 1.29 is 28.2 Å². The summed E-state index contributed by atoms with van der Waals surface area (Å²) >= 11 is 1.33. The third kappa shape index (κ3) is 5.22. The molecule has 1 atom stereocenters. The van der Waals surface area contributed by atoms with Crippen LogP contribution in [0.15, 0.2) is 18.2 Å². The lowest BCUT2D eigenvalue weighted by Gasteiger charge is -2.11. The molecule has 0 heterocycles. The van der Waals surface area contributed by atoms with Crippen LogP contribution in [0.3, 0.4) is 0 Å². The number of halogens is 2. The number of alkyl halides is 2. The zero-order chi connectivity index (χ0) is 15.1. The van der Waals surface area contributed by atoms with Gasteiger partial charge in [-0.15, -0.1) is 0 Å². The number of aliphatic carboxylic acids is 1. The fraction of sp³-hybridized carbons (Fsp3) is 0.417. The van der Waals surface area contributed by atoms with E-state index in [1.165, 1.54) is 24.9 Å². The molecule has 8 heteroatoms. The van der Waals surface area contributed by atoms with Gasteiger partial charge in [-0.25, -0.2) is 0 Å². The number of thioether (sulfide) groups is 1. The summed E-state index contributed by atoms with van der Waals surface area (Å²) in [5.41, 5.74) is 6.16. The molecule has 1 aromatic carbocycles. The monoisotopic (exact) mass is 307 g/mol. The number of benzene rings is 1. The molecular weight excluding hydrogens is 292 g/mol. The van der Waals surface area contributed by atoms with Crippen molar-refractivity contribution in [3.63, 3.8) is 0 Å². The maximum atomic E-state index is 12.2. The molecule has 0 unspecified atom stereocenters. The van der Waals surface area contributed by atoms with Crippen molar-refractivity contribution in [2.75, 3.05) is 12.9 Å². The first-order valence-corrected chi connectivity index (χ1v) is 6.77. The summed E-state index contributed by atoms with van der Waals surface area (Å²) in [6.07, 6.45) is 0. The lowest BCUT2D eigenvalue weighted by Crippen LogP contribution is -2.32. The predicted octanol–water partition coefficient (Wildman–Crippen LogP) is 1.94. The van der Waals surface area contributed by atoms with Crippen LogP contribution in [0.1, 0.15) is 5.56 Å². The molecule has 1 aromatic rings. The average molecular weight is 307 g/mol. The third-order valence-electron chi connectivity index (χ3n) is 2.33. The fourth-order valence-electron chi connectivity index (χ4n) is 1.37. The summed E-state index contributed by atoms with van der Waals surface area (Å²) in [7, 11) is 1.35. The van der Waals surface area contributed by atoms with Crippen molar-refractivity contribution in [1.29, 1.82) is 0 Å². The molecule has 0 aromatic heterocycles. The Labute approximate surface area is 119 Å². The summed E-state index contributed by atoms with van der Waals surface area (Å²) in [4.78, 5) is 10.5. The van der Waals surface area contributed by atoms with E-state index in [0.717, 1.165) is 5.56 Å². The van der Waals surface area contributed by atoms with Crippen LogP contribution < -0.4 is 15.2 Å². The van der Waals surface area contributed by atoms with Gasteiger partial charge in [0.1, 0.15) is 6.04 Å². The maximum absolute atomic E-state index is 12.2. The van der Waals surface area contributed by atoms with Crippen LogP contribution in [0, 0.1) is 0 Å². The molecule has 1 rings (SSSR count). The topological polar surface area (TPSA) is 81.8 Å². The van der Waals surface area contributed by atoms with E-state index in [2.05, 4.69) is 4.74 Å². The second kappa shape index (κ2) is 7.91. The quantitative estimate of drug-likeness (QED) is 0.764. The van der Waals surface area contributed by atoms with Gasteiger partial charge in [-0.2, -0.15) is 20.5 Å². The summed E-state index contributed by atoms with van der Waals surface area (Å²) in [5, 5.41) is 8.64. The average Bonchev–Trinajstić information content (AvgIpc) is 2.39. The van der Waals surface area contributed by atoms with Crippen molar-refractivity contribution in [1.82, 2.24) is 0 Å². The van der Waals surface area contributed by atoms with Gasteiger partial charge in [0.05, 0.1) is 7.11 Å². The number of nitrogens with two attached hydrogens (primary N) is 1. The number of methoxy groups -OCH3 is 1. The van der Waals surface area contributed by atoms with Gasteiger partial charge in [0, 0.05) is 11.5 Å².